The molecule has 25 heavy (non-hydrogen) atoms. The Balaban J connectivity index is 1.51. The number of urea groups is 1. The first-order valence-electron chi connectivity index (χ1n) is 7.99. The molecule has 1 saturated heterocycles. The summed E-state index contributed by atoms with van der Waals surface area (Å²) in [6.45, 7) is 3.17. The zero-order chi connectivity index (χ0) is 17.8. The van der Waals surface area contributed by atoms with E-state index in [0.29, 0.717) is 43.4 Å². The van der Waals surface area contributed by atoms with Crippen molar-refractivity contribution >= 4 is 23.3 Å². The number of piperazine rings is 1. The van der Waals surface area contributed by atoms with Gasteiger partial charge in [0.15, 0.2) is 0 Å². The van der Waals surface area contributed by atoms with Crippen molar-refractivity contribution in [1.82, 2.24) is 9.80 Å². The Morgan fingerprint density at radius 2 is 1.64 bits per heavy atom. The zero-order valence-corrected chi connectivity index (χ0v) is 14.3. The van der Waals surface area contributed by atoms with Gasteiger partial charge in [0.1, 0.15) is 11.6 Å². The maximum absolute atomic E-state index is 13.1. The van der Waals surface area contributed by atoms with Crippen molar-refractivity contribution in [2.24, 2.45) is 0 Å². The van der Waals surface area contributed by atoms with Crippen LogP contribution in [0, 0.1) is 11.6 Å². The van der Waals surface area contributed by atoms with Crippen LogP contribution in [0.3, 0.4) is 0 Å². The highest BCUT2D eigenvalue weighted by molar-refractivity contribution is 6.31. The molecule has 0 atom stereocenters. The van der Waals surface area contributed by atoms with E-state index < -0.39 is 0 Å². The van der Waals surface area contributed by atoms with Gasteiger partial charge < -0.3 is 10.2 Å². The van der Waals surface area contributed by atoms with Gasteiger partial charge in [-0.25, -0.2) is 13.6 Å². The molecule has 1 aliphatic heterocycles. The predicted molar refractivity (Wildman–Crippen MR) is 93.7 cm³/mol. The Bertz CT molecular complexity index is 746. The maximum Gasteiger partial charge on any atom is 0.321 e. The number of hydrogen-bond donors (Lipinski definition) is 1. The third-order valence-corrected chi connectivity index (χ3v) is 4.52. The van der Waals surface area contributed by atoms with Crippen LogP contribution in [-0.4, -0.2) is 42.0 Å². The van der Waals surface area contributed by atoms with Crippen molar-refractivity contribution in [3.05, 3.63) is 64.7 Å². The quantitative estimate of drug-likeness (QED) is 0.893. The molecule has 1 heterocycles. The first-order valence-corrected chi connectivity index (χ1v) is 8.37. The standard InChI is InChI=1S/C18H18ClF2N3O/c19-17-11-15(21)2-1-13(17)12-23-7-9-24(10-8-23)18(25)22-16-5-3-14(20)4-6-16/h1-6,11H,7-10,12H2,(H,22,25). The number of nitrogens with zero attached hydrogens (tertiary/aromatic N) is 2. The number of carbonyl (C=O) groups excluding carboxylic acids is 1. The van der Waals surface area contributed by atoms with Gasteiger partial charge in [-0.2, -0.15) is 0 Å². The summed E-state index contributed by atoms with van der Waals surface area (Å²) >= 11 is 6.06. The van der Waals surface area contributed by atoms with E-state index in [9.17, 15) is 13.6 Å². The first-order chi connectivity index (χ1) is 12.0. The monoisotopic (exact) mass is 365 g/mol. The smallest absolute Gasteiger partial charge is 0.321 e. The molecule has 0 aliphatic carbocycles. The van der Waals surface area contributed by atoms with E-state index in [1.807, 2.05) is 0 Å². The highest BCUT2D eigenvalue weighted by Crippen LogP contribution is 2.20. The Hall–Kier alpha value is -2.18. The molecule has 7 heteroatoms. The number of anilines is 1. The lowest BCUT2D eigenvalue weighted by molar-refractivity contribution is 0.143. The second kappa shape index (κ2) is 7.80. The van der Waals surface area contributed by atoms with Crippen LogP contribution in [0.15, 0.2) is 42.5 Å². The second-order valence-electron chi connectivity index (χ2n) is 5.94. The Morgan fingerprint density at radius 3 is 2.28 bits per heavy atom. The summed E-state index contributed by atoms with van der Waals surface area (Å²) in [7, 11) is 0. The Kier molecular flexibility index (Phi) is 5.50. The van der Waals surface area contributed by atoms with Gasteiger partial charge >= 0.3 is 6.03 Å². The van der Waals surface area contributed by atoms with Crippen LogP contribution >= 0.6 is 11.6 Å². The molecule has 0 spiro atoms. The number of nitrogens with one attached hydrogen (secondary N) is 1. The predicted octanol–water partition coefficient (Wildman–Crippen LogP) is 3.97. The van der Waals surface area contributed by atoms with Crippen LogP contribution in [0.4, 0.5) is 19.3 Å². The van der Waals surface area contributed by atoms with Gasteiger partial charge in [-0.3, -0.25) is 4.90 Å². The fourth-order valence-electron chi connectivity index (χ4n) is 2.74. The van der Waals surface area contributed by atoms with E-state index in [-0.39, 0.29) is 17.7 Å². The summed E-state index contributed by atoms with van der Waals surface area (Å²) in [6, 6.07) is 9.86. The molecule has 132 valence electrons. The minimum Gasteiger partial charge on any atom is -0.322 e. The molecular formula is C18H18ClF2N3O. The Labute approximate surface area is 150 Å². The molecular weight excluding hydrogens is 348 g/mol. The lowest BCUT2D eigenvalue weighted by Crippen LogP contribution is -2.49. The summed E-state index contributed by atoms with van der Waals surface area (Å²) in [5.74, 6) is -0.692. The first kappa shape index (κ1) is 17.6. The number of carbonyl (C=O) groups is 1. The number of hydrogen-bond acceptors (Lipinski definition) is 2. The van der Waals surface area contributed by atoms with Crippen molar-refractivity contribution in [1.29, 1.82) is 0 Å². The highest BCUT2D eigenvalue weighted by Gasteiger charge is 2.21. The van der Waals surface area contributed by atoms with Gasteiger partial charge in [0, 0.05) is 43.4 Å². The number of halogens is 3. The molecule has 1 N–H and O–H groups in total. The van der Waals surface area contributed by atoms with E-state index in [1.165, 1.54) is 36.4 Å². The van der Waals surface area contributed by atoms with Crippen LogP contribution in [0.1, 0.15) is 5.56 Å². The lowest BCUT2D eigenvalue weighted by atomic mass is 10.2. The summed E-state index contributed by atoms with van der Waals surface area (Å²) in [4.78, 5) is 16.1. The molecule has 0 saturated carbocycles. The largest absolute Gasteiger partial charge is 0.322 e. The van der Waals surface area contributed by atoms with E-state index in [4.69, 9.17) is 11.6 Å². The lowest BCUT2D eigenvalue weighted by Gasteiger charge is -2.34. The van der Waals surface area contributed by atoms with E-state index >= 15 is 0 Å². The molecule has 3 rings (SSSR count). The molecule has 2 aromatic rings. The van der Waals surface area contributed by atoms with Gasteiger partial charge in [0.25, 0.3) is 0 Å². The maximum atomic E-state index is 13.1. The fourth-order valence-corrected chi connectivity index (χ4v) is 2.96. The molecule has 0 bridgehead atoms. The number of benzene rings is 2. The van der Waals surface area contributed by atoms with Gasteiger partial charge in [-0.05, 0) is 42.0 Å². The van der Waals surface area contributed by atoms with Crippen LogP contribution in [0.2, 0.25) is 5.02 Å². The molecule has 2 amide bonds. The van der Waals surface area contributed by atoms with Crippen molar-refractivity contribution in [2.75, 3.05) is 31.5 Å². The topological polar surface area (TPSA) is 35.6 Å². The third kappa shape index (κ3) is 4.67. The Morgan fingerprint density at radius 1 is 1.00 bits per heavy atom. The average Bonchev–Trinajstić information content (AvgIpc) is 2.60. The minimum absolute atomic E-state index is 0.203. The molecule has 1 aliphatic rings. The number of amides is 2. The SMILES string of the molecule is O=C(Nc1ccc(F)cc1)N1CCN(Cc2ccc(F)cc2Cl)CC1. The van der Waals surface area contributed by atoms with Crippen LogP contribution in [-0.2, 0) is 6.54 Å². The van der Waals surface area contributed by atoms with Crippen LogP contribution < -0.4 is 5.32 Å². The third-order valence-electron chi connectivity index (χ3n) is 4.16. The minimum atomic E-state index is -0.351. The summed E-state index contributed by atoms with van der Waals surface area (Å²) in [5, 5.41) is 3.17. The molecule has 1 fully saturated rings. The van der Waals surface area contributed by atoms with Gasteiger partial charge in [-0.1, -0.05) is 17.7 Å². The summed E-state index contributed by atoms with van der Waals surface area (Å²) in [5.41, 5.74) is 1.43. The second-order valence-corrected chi connectivity index (χ2v) is 6.34. The van der Waals surface area contributed by atoms with Gasteiger partial charge in [0.2, 0.25) is 0 Å². The van der Waals surface area contributed by atoms with E-state index in [1.54, 1.807) is 11.0 Å². The molecule has 4 nitrogen and oxygen atoms in total. The van der Waals surface area contributed by atoms with Crippen LogP contribution in [0.25, 0.3) is 0 Å². The van der Waals surface area contributed by atoms with Crippen molar-refractivity contribution in [3.63, 3.8) is 0 Å². The zero-order valence-electron chi connectivity index (χ0n) is 13.5. The van der Waals surface area contributed by atoms with Crippen molar-refractivity contribution in [2.45, 2.75) is 6.54 Å². The van der Waals surface area contributed by atoms with Crippen molar-refractivity contribution in [3.8, 4) is 0 Å². The van der Waals surface area contributed by atoms with Crippen molar-refractivity contribution < 1.29 is 13.6 Å². The molecule has 0 radical (unpaired) electrons. The normalized spacial score (nSPS) is 15.2. The van der Waals surface area contributed by atoms with E-state index in [0.717, 1.165) is 5.56 Å². The molecule has 0 aromatic heterocycles. The summed E-state index contributed by atoms with van der Waals surface area (Å²) in [6.07, 6.45) is 0. The molecule has 2 aromatic carbocycles. The highest BCUT2D eigenvalue weighted by atomic mass is 35.5. The van der Waals surface area contributed by atoms with E-state index in [2.05, 4.69) is 10.2 Å². The van der Waals surface area contributed by atoms with Gasteiger partial charge in [-0.15, -0.1) is 0 Å². The van der Waals surface area contributed by atoms with Crippen LogP contribution in [0.5, 0.6) is 0 Å². The average molecular weight is 366 g/mol. The van der Waals surface area contributed by atoms with Gasteiger partial charge in [0.05, 0.1) is 0 Å². The fraction of sp³-hybridized carbons (Fsp3) is 0.278. The number of rotatable bonds is 3. The summed E-state index contributed by atoms with van der Waals surface area (Å²) < 4.78 is 26.0. The molecule has 0 unspecified atom stereocenters.